The number of ether oxygens (including phenoxy) is 1. The average molecular weight is 330 g/mol. The van der Waals surface area contributed by atoms with Crippen molar-refractivity contribution in [1.82, 2.24) is 4.72 Å². The Morgan fingerprint density at radius 1 is 1.32 bits per heavy atom. The van der Waals surface area contributed by atoms with Crippen molar-refractivity contribution in [3.63, 3.8) is 0 Å². The molecule has 0 saturated carbocycles. The van der Waals surface area contributed by atoms with Crippen LogP contribution in [-0.2, 0) is 10.0 Å². The van der Waals surface area contributed by atoms with E-state index in [9.17, 15) is 18.5 Å². The van der Waals surface area contributed by atoms with Crippen LogP contribution in [0, 0.1) is 17.0 Å². The topological polar surface area (TPSA) is 98.5 Å². The molecule has 1 N–H and O–H groups in total. The summed E-state index contributed by atoms with van der Waals surface area (Å²) in [6.45, 7) is 7.19. The van der Waals surface area contributed by atoms with Crippen LogP contribution in [0.4, 0.5) is 5.69 Å². The molecule has 7 nitrogen and oxygen atoms in total. The van der Waals surface area contributed by atoms with Gasteiger partial charge < -0.3 is 4.74 Å². The highest BCUT2D eigenvalue weighted by atomic mass is 32.2. The normalized spacial score (nSPS) is 12.2. The fraction of sp³-hybridized carbons (Fsp3) is 0.571. The zero-order valence-corrected chi connectivity index (χ0v) is 14.1. The van der Waals surface area contributed by atoms with Crippen LogP contribution in [0.15, 0.2) is 18.2 Å². The van der Waals surface area contributed by atoms with E-state index in [0.29, 0.717) is 17.7 Å². The summed E-state index contributed by atoms with van der Waals surface area (Å²) in [6, 6.07) is 4.45. The Labute approximate surface area is 130 Å². The number of nitrogens with one attached hydrogen (secondary N) is 1. The van der Waals surface area contributed by atoms with Crippen molar-refractivity contribution >= 4 is 15.7 Å². The summed E-state index contributed by atoms with van der Waals surface area (Å²) >= 11 is 0. The fourth-order valence-corrected chi connectivity index (χ4v) is 3.41. The highest BCUT2D eigenvalue weighted by molar-refractivity contribution is 7.89. The maximum absolute atomic E-state index is 11.8. The molecule has 1 rings (SSSR count). The fourth-order valence-electron chi connectivity index (χ4n) is 1.88. The van der Waals surface area contributed by atoms with Gasteiger partial charge in [0.1, 0.15) is 5.75 Å². The van der Waals surface area contributed by atoms with E-state index in [1.165, 1.54) is 12.1 Å². The van der Waals surface area contributed by atoms with Gasteiger partial charge in [-0.2, -0.15) is 0 Å². The number of benzene rings is 1. The molecule has 0 unspecified atom stereocenters. The number of sulfonamides is 1. The number of hydrogen-bond donors (Lipinski definition) is 1. The second-order valence-corrected chi connectivity index (χ2v) is 7.92. The predicted molar refractivity (Wildman–Crippen MR) is 84.6 cm³/mol. The molecule has 0 heterocycles. The van der Waals surface area contributed by atoms with Crippen molar-refractivity contribution in [3.05, 3.63) is 33.9 Å². The Morgan fingerprint density at radius 2 is 1.95 bits per heavy atom. The van der Waals surface area contributed by atoms with Crippen LogP contribution < -0.4 is 9.46 Å². The van der Waals surface area contributed by atoms with E-state index in [4.69, 9.17) is 4.74 Å². The van der Waals surface area contributed by atoms with Crippen LogP contribution >= 0.6 is 0 Å². The van der Waals surface area contributed by atoms with Crippen LogP contribution in [0.25, 0.3) is 0 Å². The van der Waals surface area contributed by atoms with E-state index in [1.807, 2.05) is 0 Å². The lowest BCUT2D eigenvalue weighted by atomic mass is 10.1. The maximum Gasteiger partial charge on any atom is 0.272 e. The molecule has 0 aliphatic carbocycles. The number of aryl methyl sites for hydroxylation is 1. The lowest BCUT2D eigenvalue weighted by Crippen LogP contribution is -2.41. The van der Waals surface area contributed by atoms with Gasteiger partial charge >= 0.3 is 0 Å². The Morgan fingerprint density at radius 3 is 2.45 bits per heavy atom. The van der Waals surface area contributed by atoms with Crippen molar-refractivity contribution in [2.24, 2.45) is 0 Å². The number of nitro groups is 1. The van der Waals surface area contributed by atoms with E-state index in [2.05, 4.69) is 4.72 Å². The standard InChI is InChI=1S/C14H22N2O5S/c1-11-10-12(6-7-13(11)16(17)18)21-8-5-9-22(19,20)15-14(2,3)4/h6-7,10,15H,5,8-9H2,1-4H3. The molecule has 0 fully saturated rings. The average Bonchev–Trinajstić information content (AvgIpc) is 2.31. The Balaban J connectivity index is 2.49. The molecule has 124 valence electrons. The molecule has 1 aromatic rings. The first-order valence-electron chi connectivity index (χ1n) is 6.90. The van der Waals surface area contributed by atoms with Crippen LogP contribution in [0.3, 0.4) is 0 Å². The molecule has 8 heteroatoms. The molecule has 0 amide bonds. The van der Waals surface area contributed by atoms with Crippen molar-refractivity contribution in [3.8, 4) is 5.75 Å². The number of nitro benzene ring substituents is 1. The van der Waals surface area contributed by atoms with E-state index in [0.717, 1.165) is 0 Å². The van der Waals surface area contributed by atoms with Gasteiger partial charge in [0.15, 0.2) is 0 Å². The lowest BCUT2D eigenvalue weighted by molar-refractivity contribution is -0.385. The van der Waals surface area contributed by atoms with Gasteiger partial charge in [-0.05, 0) is 46.2 Å². The number of rotatable bonds is 7. The quantitative estimate of drug-likeness (QED) is 0.470. The van der Waals surface area contributed by atoms with E-state index < -0.39 is 20.5 Å². The SMILES string of the molecule is Cc1cc(OCCCS(=O)(=O)NC(C)(C)C)ccc1[N+](=O)[O-]. The highest BCUT2D eigenvalue weighted by Crippen LogP contribution is 2.23. The third-order valence-electron chi connectivity index (χ3n) is 2.65. The first-order chi connectivity index (χ1) is 10.0. The van der Waals surface area contributed by atoms with Gasteiger partial charge in [0, 0.05) is 17.2 Å². The van der Waals surface area contributed by atoms with E-state index in [1.54, 1.807) is 33.8 Å². The van der Waals surface area contributed by atoms with Crippen LogP contribution in [0.1, 0.15) is 32.8 Å². The molecule has 0 bridgehead atoms. The molecule has 0 atom stereocenters. The van der Waals surface area contributed by atoms with Gasteiger partial charge in [0.25, 0.3) is 5.69 Å². The minimum Gasteiger partial charge on any atom is -0.494 e. The van der Waals surface area contributed by atoms with Gasteiger partial charge in [-0.1, -0.05) is 0 Å². The van der Waals surface area contributed by atoms with Crippen LogP contribution in [0.2, 0.25) is 0 Å². The predicted octanol–water partition coefficient (Wildman–Crippen LogP) is 2.39. The lowest BCUT2D eigenvalue weighted by Gasteiger charge is -2.20. The molecule has 1 aromatic carbocycles. The summed E-state index contributed by atoms with van der Waals surface area (Å²) in [5, 5.41) is 10.7. The summed E-state index contributed by atoms with van der Waals surface area (Å²) in [6.07, 6.45) is 0.335. The summed E-state index contributed by atoms with van der Waals surface area (Å²) < 4.78 is 31.6. The van der Waals surface area contributed by atoms with E-state index >= 15 is 0 Å². The minimum absolute atomic E-state index is 0.0315. The Kier molecular flexibility index (Phi) is 5.90. The smallest absolute Gasteiger partial charge is 0.272 e. The molecule has 0 spiro atoms. The van der Waals surface area contributed by atoms with Gasteiger partial charge in [0.2, 0.25) is 10.0 Å². The summed E-state index contributed by atoms with van der Waals surface area (Å²) in [4.78, 5) is 10.3. The van der Waals surface area contributed by atoms with Crippen molar-refractivity contribution in [2.45, 2.75) is 39.7 Å². The zero-order chi connectivity index (χ0) is 17.0. The third-order valence-corrected chi connectivity index (χ3v) is 4.40. The summed E-state index contributed by atoms with van der Waals surface area (Å²) in [5.41, 5.74) is 0.0312. The third kappa shape index (κ3) is 6.40. The van der Waals surface area contributed by atoms with Gasteiger partial charge in [0.05, 0.1) is 17.3 Å². The van der Waals surface area contributed by atoms with Crippen LogP contribution in [-0.4, -0.2) is 31.2 Å². The second-order valence-electron chi connectivity index (χ2n) is 6.08. The first-order valence-corrected chi connectivity index (χ1v) is 8.55. The zero-order valence-electron chi connectivity index (χ0n) is 13.3. The summed E-state index contributed by atoms with van der Waals surface area (Å²) in [5.74, 6) is 0.459. The van der Waals surface area contributed by atoms with Crippen LogP contribution in [0.5, 0.6) is 5.75 Å². The highest BCUT2D eigenvalue weighted by Gasteiger charge is 2.19. The van der Waals surface area contributed by atoms with Crippen molar-refractivity contribution < 1.29 is 18.1 Å². The minimum atomic E-state index is -3.34. The monoisotopic (exact) mass is 330 g/mol. The molecule has 0 aromatic heterocycles. The maximum atomic E-state index is 11.8. The van der Waals surface area contributed by atoms with Gasteiger partial charge in [-0.15, -0.1) is 0 Å². The molecular weight excluding hydrogens is 308 g/mol. The number of nitrogens with zero attached hydrogens (tertiary/aromatic N) is 1. The van der Waals surface area contributed by atoms with E-state index in [-0.39, 0.29) is 18.0 Å². The molecule has 0 radical (unpaired) electrons. The summed E-state index contributed by atoms with van der Waals surface area (Å²) in [7, 11) is -3.34. The second kappa shape index (κ2) is 7.06. The molecule has 0 aliphatic heterocycles. The molecule has 22 heavy (non-hydrogen) atoms. The first kappa shape index (κ1) is 18.4. The van der Waals surface area contributed by atoms with Crippen molar-refractivity contribution in [1.29, 1.82) is 0 Å². The Hall–Kier alpha value is -1.67. The number of hydrogen-bond acceptors (Lipinski definition) is 5. The molecule has 0 aliphatic rings. The van der Waals surface area contributed by atoms with Gasteiger partial charge in [-0.3, -0.25) is 10.1 Å². The Bertz CT molecular complexity index is 635. The van der Waals surface area contributed by atoms with Gasteiger partial charge in [-0.25, -0.2) is 13.1 Å². The largest absolute Gasteiger partial charge is 0.494 e. The molecule has 0 saturated heterocycles. The molecular formula is C14H22N2O5S. The van der Waals surface area contributed by atoms with Crippen molar-refractivity contribution in [2.75, 3.05) is 12.4 Å².